The van der Waals surface area contributed by atoms with E-state index in [1.807, 2.05) is 29.1 Å². The Labute approximate surface area is 69.6 Å². The highest BCUT2D eigenvalue weighted by Gasteiger charge is 2.16. The number of nitrogens with one attached hydrogen (secondary N) is 1. The maximum Gasteiger partial charge on any atom is 0.222 e. The van der Waals surface area contributed by atoms with Gasteiger partial charge in [0, 0.05) is 6.20 Å². The first-order valence-electron chi connectivity index (χ1n) is 3.93. The summed E-state index contributed by atoms with van der Waals surface area (Å²) in [5.41, 5.74) is 2.27. The van der Waals surface area contributed by atoms with E-state index < -0.39 is 0 Å². The van der Waals surface area contributed by atoms with E-state index in [2.05, 4.69) is 11.2 Å². The van der Waals surface area contributed by atoms with Gasteiger partial charge in [0.15, 0.2) is 0 Å². The highest BCUT2D eigenvalue weighted by Crippen LogP contribution is 2.33. The van der Waals surface area contributed by atoms with Crippen LogP contribution < -0.4 is 4.74 Å². The molecule has 0 spiro atoms. The summed E-state index contributed by atoms with van der Waals surface area (Å²) in [7, 11) is 0. The fourth-order valence-corrected chi connectivity index (χ4v) is 1.54. The summed E-state index contributed by atoms with van der Waals surface area (Å²) >= 11 is 0. The Balaban J connectivity index is 2.34. The molecule has 0 radical (unpaired) electrons. The van der Waals surface area contributed by atoms with E-state index in [0.29, 0.717) is 6.61 Å². The van der Waals surface area contributed by atoms with Gasteiger partial charge < -0.3 is 4.74 Å². The molecule has 0 aromatic heterocycles. The molecule has 0 aromatic rings. The van der Waals surface area contributed by atoms with Crippen molar-refractivity contribution in [3.63, 3.8) is 0 Å². The van der Waals surface area contributed by atoms with Crippen LogP contribution in [0.3, 0.4) is 0 Å². The number of nitrogens with zero attached hydrogens (tertiary/aromatic N) is 1. The summed E-state index contributed by atoms with van der Waals surface area (Å²) in [4.78, 5) is 0. The van der Waals surface area contributed by atoms with Gasteiger partial charge in [-0.3, -0.25) is 5.10 Å². The SMILES string of the molecule is C1=Cn2[nH]c3cccc-3c2OC1. The Morgan fingerprint density at radius 3 is 3.42 bits per heavy atom. The van der Waals surface area contributed by atoms with E-state index in [0.717, 1.165) is 17.1 Å². The van der Waals surface area contributed by atoms with Gasteiger partial charge in [-0.1, -0.05) is 6.07 Å². The maximum atomic E-state index is 5.48. The van der Waals surface area contributed by atoms with Gasteiger partial charge in [-0.15, -0.1) is 0 Å². The number of aromatic nitrogens is 2. The summed E-state index contributed by atoms with van der Waals surface area (Å²) in [5, 5.41) is 3.20. The van der Waals surface area contributed by atoms with Crippen molar-refractivity contribution in [3.05, 3.63) is 24.3 Å². The van der Waals surface area contributed by atoms with Gasteiger partial charge in [0.1, 0.15) is 6.61 Å². The number of ether oxygens (including phenoxy) is 1. The van der Waals surface area contributed by atoms with Gasteiger partial charge in [0.2, 0.25) is 5.88 Å². The predicted molar refractivity (Wildman–Crippen MR) is 46.2 cm³/mol. The largest absolute Gasteiger partial charge is 0.473 e. The summed E-state index contributed by atoms with van der Waals surface area (Å²) in [6.07, 6.45) is 3.96. The van der Waals surface area contributed by atoms with Crippen LogP contribution in [-0.4, -0.2) is 16.4 Å². The van der Waals surface area contributed by atoms with E-state index >= 15 is 0 Å². The molecule has 0 saturated carbocycles. The van der Waals surface area contributed by atoms with E-state index in [1.165, 1.54) is 0 Å². The van der Waals surface area contributed by atoms with Crippen LogP contribution in [0.2, 0.25) is 0 Å². The lowest BCUT2D eigenvalue weighted by atomic mass is 10.3. The van der Waals surface area contributed by atoms with E-state index in [1.54, 1.807) is 0 Å². The molecule has 0 saturated heterocycles. The van der Waals surface area contributed by atoms with E-state index in [4.69, 9.17) is 4.74 Å². The summed E-state index contributed by atoms with van der Waals surface area (Å²) < 4.78 is 7.38. The molecule has 3 rings (SSSR count). The minimum atomic E-state index is 0.665. The number of hydrogen-bond acceptors (Lipinski definition) is 1. The molecule has 1 N–H and O–H groups in total. The van der Waals surface area contributed by atoms with Crippen LogP contribution in [0, 0.1) is 0 Å². The fraction of sp³-hybridized carbons (Fsp3) is 0.111. The van der Waals surface area contributed by atoms with Crippen LogP contribution in [0.5, 0.6) is 5.88 Å². The van der Waals surface area contributed by atoms with Crippen molar-refractivity contribution in [3.8, 4) is 17.1 Å². The van der Waals surface area contributed by atoms with Gasteiger partial charge in [-0.05, 0) is 18.2 Å². The number of aromatic amines is 1. The maximum absolute atomic E-state index is 5.48. The van der Waals surface area contributed by atoms with Gasteiger partial charge in [-0.2, -0.15) is 0 Å². The number of H-pyrrole nitrogens is 1. The van der Waals surface area contributed by atoms with E-state index in [-0.39, 0.29) is 0 Å². The van der Waals surface area contributed by atoms with Crippen molar-refractivity contribution in [1.82, 2.24) is 9.78 Å². The summed E-state index contributed by atoms with van der Waals surface area (Å²) in [6.45, 7) is 0.665. The Kier molecular flexibility index (Phi) is 0.961. The second-order valence-corrected chi connectivity index (χ2v) is 2.84. The average molecular weight is 160 g/mol. The minimum Gasteiger partial charge on any atom is -0.473 e. The lowest BCUT2D eigenvalue weighted by Gasteiger charge is -2.09. The summed E-state index contributed by atoms with van der Waals surface area (Å²) in [5.74, 6) is 0.914. The lowest BCUT2D eigenvalue weighted by molar-refractivity contribution is 0.333. The quantitative estimate of drug-likeness (QED) is 0.625. The van der Waals surface area contributed by atoms with E-state index in [9.17, 15) is 0 Å². The first kappa shape index (κ1) is 5.94. The molecule has 3 nitrogen and oxygen atoms in total. The zero-order chi connectivity index (χ0) is 7.97. The Bertz CT molecular complexity index is 410. The molecule has 1 aliphatic carbocycles. The Hall–Kier alpha value is -1.64. The van der Waals surface area contributed by atoms with Crippen LogP contribution in [0.25, 0.3) is 17.5 Å². The molecule has 0 aromatic carbocycles. The minimum absolute atomic E-state index is 0.665. The van der Waals surface area contributed by atoms with Crippen LogP contribution in [-0.2, 0) is 0 Å². The number of fused-ring (bicyclic) bond motifs is 3. The Morgan fingerprint density at radius 2 is 2.42 bits per heavy atom. The zero-order valence-electron chi connectivity index (χ0n) is 6.45. The van der Waals surface area contributed by atoms with Crippen LogP contribution in [0.15, 0.2) is 24.3 Å². The lowest BCUT2D eigenvalue weighted by Crippen LogP contribution is -2.04. The zero-order valence-corrected chi connectivity index (χ0v) is 6.45. The first-order chi connectivity index (χ1) is 5.95. The highest BCUT2D eigenvalue weighted by atomic mass is 16.5. The molecule has 0 bridgehead atoms. The van der Waals surface area contributed by atoms with Crippen molar-refractivity contribution >= 4 is 6.20 Å². The molecule has 3 heteroatoms. The van der Waals surface area contributed by atoms with Gasteiger partial charge >= 0.3 is 0 Å². The standard InChI is InChI=1S/C9H8N2O/c1-3-7-8(4-1)10-11-5-2-6-12-9(7)11/h1-5,10H,6H2. The second kappa shape index (κ2) is 1.94. The fourth-order valence-electron chi connectivity index (χ4n) is 1.54. The normalized spacial score (nSPS) is 14.7. The molecule has 0 unspecified atom stereocenters. The van der Waals surface area contributed by atoms with Crippen molar-refractivity contribution in [2.45, 2.75) is 0 Å². The van der Waals surface area contributed by atoms with Crippen LogP contribution in [0.1, 0.15) is 0 Å². The van der Waals surface area contributed by atoms with Gasteiger partial charge in [0.25, 0.3) is 0 Å². The molecule has 3 aliphatic rings. The first-order valence-corrected chi connectivity index (χ1v) is 3.93. The van der Waals surface area contributed by atoms with Crippen molar-refractivity contribution in [2.24, 2.45) is 0 Å². The summed E-state index contributed by atoms with van der Waals surface area (Å²) in [6, 6.07) is 6.11. The van der Waals surface area contributed by atoms with Gasteiger partial charge in [-0.25, -0.2) is 4.68 Å². The van der Waals surface area contributed by atoms with Gasteiger partial charge in [0.05, 0.1) is 11.3 Å². The molecule has 12 heavy (non-hydrogen) atoms. The molecule has 2 heterocycles. The van der Waals surface area contributed by atoms with Crippen LogP contribution in [0.4, 0.5) is 0 Å². The third kappa shape index (κ3) is 0.605. The smallest absolute Gasteiger partial charge is 0.222 e. The number of hydrogen-bond donors (Lipinski definition) is 1. The van der Waals surface area contributed by atoms with Crippen LogP contribution >= 0.6 is 0 Å². The monoisotopic (exact) mass is 160 g/mol. The van der Waals surface area contributed by atoms with Crippen molar-refractivity contribution < 1.29 is 4.74 Å². The Morgan fingerprint density at radius 1 is 1.42 bits per heavy atom. The molecular formula is C9H8N2O. The molecule has 0 amide bonds. The molecule has 60 valence electrons. The van der Waals surface area contributed by atoms with Crippen molar-refractivity contribution in [1.29, 1.82) is 0 Å². The third-order valence-electron chi connectivity index (χ3n) is 2.08. The van der Waals surface area contributed by atoms with Crippen molar-refractivity contribution in [2.75, 3.05) is 6.61 Å². The molecule has 2 aliphatic heterocycles. The highest BCUT2D eigenvalue weighted by molar-refractivity contribution is 5.70. The molecule has 0 atom stereocenters. The molecule has 0 fully saturated rings. The second-order valence-electron chi connectivity index (χ2n) is 2.84. The number of rotatable bonds is 0. The predicted octanol–water partition coefficient (Wildman–Crippen LogP) is 1.78. The molecular weight excluding hydrogens is 152 g/mol. The third-order valence-corrected chi connectivity index (χ3v) is 2.08. The topological polar surface area (TPSA) is 29.9 Å². The average Bonchev–Trinajstić information content (AvgIpc) is 2.62.